The summed E-state index contributed by atoms with van der Waals surface area (Å²) in [4.78, 5) is 11.1. The molecule has 0 aliphatic rings. The van der Waals surface area contributed by atoms with Crippen LogP contribution in [0.25, 0.3) is 0 Å². The van der Waals surface area contributed by atoms with Crippen LogP contribution >= 0.6 is 15.9 Å². The number of hydrogen-bond acceptors (Lipinski definition) is 2. The highest BCUT2D eigenvalue weighted by Gasteiger charge is 2.05. The molecule has 0 saturated heterocycles. The molecule has 0 bridgehead atoms. The first-order valence-corrected chi connectivity index (χ1v) is 5.83. The van der Waals surface area contributed by atoms with Crippen molar-refractivity contribution in [2.24, 2.45) is 0 Å². The van der Waals surface area contributed by atoms with Gasteiger partial charge in [0.1, 0.15) is 5.82 Å². The summed E-state index contributed by atoms with van der Waals surface area (Å²) in [6, 6.07) is 4.79. The number of Topliss-reactive ketones (excluding diaryl/α,β-unsaturated/α-hetero) is 1. The zero-order valence-electron chi connectivity index (χ0n) is 9.15. The van der Waals surface area contributed by atoms with Crippen LogP contribution < -0.4 is 0 Å². The first-order chi connectivity index (χ1) is 8.06. The van der Waals surface area contributed by atoms with Gasteiger partial charge >= 0.3 is 0 Å². The summed E-state index contributed by atoms with van der Waals surface area (Å²) >= 11 is 3.13. The van der Waals surface area contributed by atoms with E-state index in [0.717, 1.165) is 5.56 Å². The Morgan fingerprint density at radius 3 is 2.88 bits per heavy atom. The maximum atomic E-state index is 13.0. The predicted octanol–water partition coefficient (Wildman–Crippen LogP) is 3.04. The molecule has 1 aromatic heterocycles. The monoisotopic (exact) mass is 296 g/mol. The lowest BCUT2D eigenvalue weighted by Gasteiger charge is -2.03. The van der Waals surface area contributed by atoms with Gasteiger partial charge in [0.2, 0.25) is 0 Å². The number of nitrogens with zero attached hydrogens (tertiary/aromatic N) is 2. The molecule has 0 atom stereocenters. The molecule has 5 heteroatoms. The van der Waals surface area contributed by atoms with Gasteiger partial charge in [-0.1, -0.05) is 6.07 Å². The van der Waals surface area contributed by atoms with Gasteiger partial charge in [-0.25, -0.2) is 4.39 Å². The van der Waals surface area contributed by atoms with Crippen LogP contribution in [0.2, 0.25) is 0 Å². The lowest BCUT2D eigenvalue weighted by atomic mass is 10.2. The van der Waals surface area contributed by atoms with Crippen molar-refractivity contribution in [1.29, 1.82) is 0 Å². The van der Waals surface area contributed by atoms with Gasteiger partial charge in [0.25, 0.3) is 0 Å². The van der Waals surface area contributed by atoms with Crippen LogP contribution in [-0.4, -0.2) is 15.6 Å². The van der Waals surface area contributed by atoms with E-state index in [1.54, 1.807) is 23.0 Å². The maximum absolute atomic E-state index is 13.0. The first kappa shape index (κ1) is 12.0. The predicted molar refractivity (Wildman–Crippen MR) is 65.4 cm³/mol. The average Bonchev–Trinajstić information content (AvgIpc) is 2.72. The summed E-state index contributed by atoms with van der Waals surface area (Å²) in [5.41, 5.74) is 1.49. The van der Waals surface area contributed by atoms with Crippen LogP contribution in [-0.2, 0) is 6.54 Å². The quantitative estimate of drug-likeness (QED) is 0.816. The largest absolute Gasteiger partial charge is 0.294 e. The van der Waals surface area contributed by atoms with Gasteiger partial charge in [-0.15, -0.1) is 0 Å². The second kappa shape index (κ2) is 4.79. The van der Waals surface area contributed by atoms with Gasteiger partial charge in [0.15, 0.2) is 5.78 Å². The van der Waals surface area contributed by atoms with Crippen LogP contribution in [0, 0.1) is 5.82 Å². The molecule has 2 rings (SSSR count). The number of halogens is 2. The number of aromatic nitrogens is 2. The molecule has 0 N–H and O–H groups in total. The molecule has 17 heavy (non-hydrogen) atoms. The van der Waals surface area contributed by atoms with E-state index in [1.807, 2.05) is 0 Å². The van der Waals surface area contributed by atoms with Gasteiger partial charge < -0.3 is 0 Å². The number of benzene rings is 1. The second-order valence-corrected chi connectivity index (χ2v) is 4.59. The van der Waals surface area contributed by atoms with E-state index in [9.17, 15) is 9.18 Å². The fraction of sp³-hybridized carbons (Fsp3) is 0.167. The lowest BCUT2D eigenvalue weighted by molar-refractivity contribution is 0.101. The fourth-order valence-corrected chi connectivity index (χ4v) is 1.88. The van der Waals surface area contributed by atoms with Crippen molar-refractivity contribution in [3.05, 3.63) is 52.0 Å². The molecular formula is C12H10BrFN2O. The van der Waals surface area contributed by atoms with E-state index in [1.165, 1.54) is 19.2 Å². The molecule has 0 aliphatic heterocycles. The number of carbonyl (C=O) groups is 1. The van der Waals surface area contributed by atoms with Crippen LogP contribution in [0.3, 0.4) is 0 Å². The highest BCUT2D eigenvalue weighted by Crippen LogP contribution is 2.17. The van der Waals surface area contributed by atoms with Crippen molar-refractivity contribution >= 4 is 21.7 Å². The van der Waals surface area contributed by atoms with Crippen LogP contribution in [0.15, 0.2) is 35.1 Å². The Kier molecular flexibility index (Phi) is 3.38. The molecule has 0 unspecified atom stereocenters. The zero-order valence-corrected chi connectivity index (χ0v) is 10.7. The van der Waals surface area contributed by atoms with E-state index in [4.69, 9.17) is 0 Å². The van der Waals surface area contributed by atoms with Crippen molar-refractivity contribution in [3.63, 3.8) is 0 Å². The molecule has 2 aromatic rings. The van der Waals surface area contributed by atoms with E-state index in [-0.39, 0.29) is 11.6 Å². The highest BCUT2D eigenvalue weighted by molar-refractivity contribution is 9.10. The number of rotatable bonds is 3. The van der Waals surface area contributed by atoms with E-state index < -0.39 is 0 Å². The fourth-order valence-electron chi connectivity index (χ4n) is 1.46. The van der Waals surface area contributed by atoms with E-state index in [2.05, 4.69) is 21.0 Å². The van der Waals surface area contributed by atoms with Crippen molar-refractivity contribution in [3.8, 4) is 0 Å². The average molecular weight is 297 g/mol. The van der Waals surface area contributed by atoms with Crippen molar-refractivity contribution < 1.29 is 9.18 Å². The van der Waals surface area contributed by atoms with Gasteiger partial charge in [0.05, 0.1) is 22.8 Å². The summed E-state index contributed by atoms with van der Waals surface area (Å²) < 4.78 is 15.1. The van der Waals surface area contributed by atoms with E-state index in [0.29, 0.717) is 16.6 Å². The lowest BCUT2D eigenvalue weighted by Crippen LogP contribution is -2.00. The minimum Gasteiger partial charge on any atom is -0.294 e. The molecule has 88 valence electrons. The second-order valence-electron chi connectivity index (χ2n) is 3.73. The highest BCUT2D eigenvalue weighted by atomic mass is 79.9. The van der Waals surface area contributed by atoms with Crippen molar-refractivity contribution in [1.82, 2.24) is 9.78 Å². The van der Waals surface area contributed by atoms with Crippen molar-refractivity contribution in [2.75, 3.05) is 0 Å². The Hall–Kier alpha value is -1.49. The third kappa shape index (κ3) is 2.79. The molecule has 0 aliphatic carbocycles. The third-order valence-electron chi connectivity index (χ3n) is 2.37. The molecule has 1 heterocycles. The summed E-state index contributed by atoms with van der Waals surface area (Å²) in [6.07, 6.45) is 3.21. The summed E-state index contributed by atoms with van der Waals surface area (Å²) in [5, 5.41) is 4.07. The molecule has 1 aromatic carbocycles. The van der Waals surface area contributed by atoms with E-state index >= 15 is 0 Å². The molecule has 0 saturated carbocycles. The number of ketones is 1. The minimum atomic E-state index is -0.293. The summed E-state index contributed by atoms with van der Waals surface area (Å²) in [6.45, 7) is 2.00. The Bertz CT molecular complexity index is 565. The van der Waals surface area contributed by atoms with Crippen LogP contribution in [0.5, 0.6) is 0 Å². The molecule has 3 nitrogen and oxygen atoms in total. The Morgan fingerprint density at radius 2 is 2.29 bits per heavy atom. The van der Waals surface area contributed by atoms with Crippen LogP contribution in [0.4, 0.5) is 4.39 Å². The molecule has 0 radical (unpaired) electrons. The first-order valence-electron chi connectivity index (χ1n) is 5.03. The number of hydrogen-bond donors (Lipinski definition) is 0. The molecule has 0 fully saturated rings. The van der Waals surface area contributed by atoms with Gasteiger partial charge in [0, 0.05) is 6.20 Å². The van der Waals surface area contributed by atoms with Gasteiger partial charge in [-0.3, -0.25) is 9.48 Å². The van der Waals surface area contributed by atoms with Crippen LogP contribution in [0.1, 0.15) is 22.8 Å². The van der Waals surface area contributed by atoms with Gasteiger partial charge in [-0.05, 0) is 40.5 Å². The Morgan fingerprint density at radius 1 is 1.53 bits per heavy atom. The zero-order chi connectivity index (χ0) is 12.4. The normalized spacial score (nSPS) is 10.5. The minimum absolute atomic E-state index is 0.0171. The summed E-state index contributed by atoms with van der Waals surface area (Å²) in [5.74, 6) is -0.310. The molecule has 0 spiro atoms. The standard InChI is InChI=1S/C12H10BrFN2O/c1-8(17)10-5-15-16(7-10)6-9-2-3-12(14)11(13)4-9/h2-5,7H,6H2,1H3. The molecular weight excluding hydrogens is 287 g/mol. The smallest absolute Gasteiger partial charge is 0.162 e. The molecule has 0 amide bonds. The summed E-state index contributed by atoms with van der Waals surface area (Å²) in [7, 11) is 0. The number of carbonyl (C=O) groups excluding carboxylic acids is 1. The third-order valence-corrected chi connectivity index (χ3v) is 2.98. The topological polar surface area (TPSA) is 34.9 Å². The van der Waals surface area contributed by atoms with Crippen molar-refractivity contribution in [2.45, 2.75) is 13.5 Å². The Balaban J connectivity index is 2.19. The maximum Gasteiger partial charge on any atom is 0.162 e. The SMILES string of the molecule is CC(=O)c1cnn(Cc2ccc(F)c(Br)c2)c1. The Labute approximate surface area is 106 Å². The van der Waals surface area contributed by atoms with Gasteiger partial charge in [-0.2, -0.15) is 5.10 Å².